The third kappa shape index (κ3) is 9.63. The van der Waals surface area contributed by atoms with E-state index in [9.17, 15) is 4.79 Å². The number of hydrogen-bond acceptors (Lipinski definition) is 2. The fourth-order valence-electron chi connectivity index (χ4n) is 0.828. The van der Waals surface area contributed by atoms with Crippen molar-refractivity contribution >= 4 is 6.29 Å². The molecule has 12 heavy (non-hydrogen) atoms. The van der Waals surface area contributed by atoms with Crippen molar-refractivity contribution in [3.63, 3.8) is 0 Å². The number of nitrogens with one attached hydrogen (secondary N) is 1. The van der Waals surface area contributed by atoms with Crippen molar-refractivity contribution in [3.8, 4) is 0 Å². The van der Waals surface area contributed by atoms with Crippen LogP contribution in [0.25, 0.3) is 0 Å². The first-order valence-electron chi connectivity index (χ1n) is 5.03. The molecule has 1 N–H and O–H groups in total. The summed E-state index contributed by atoms with van der Waals surface area (Å²) in [6.07, 6.45) is 4.42. The molecule has 1 heterocycles. The standard InChI is InChI=1S/C5H9NO.C3H8.C2H6/c7-4-5-2-1-3-6-5;1-3-2;1-2/h4-6H,1-3H2;3H2,1-2H3;1-2H3/t5-;;/m0../s1. The second kappa shape index (κ2) is 13.2. The molecule has 1 fully saturated rings. The van der Waals surface area contributed by atoms with Crippen LogP contribution in [0.5, 0.6) is 0 Å². The Kier molecular flexibility index (Phi) is 15.6. The monoisotopic (exact) mass is 173 g/mol. The van der Waals surface area contributed by atoms with Crippen LogP contribution < -0.4 is 5.32 Å². The van der Waals surface area contributed by atoms with E-state index in [1.165, 1.54) is 6.42 Å². The van der Waals surface area contributed by atoms with E-state index in [0.717, 1.165) is 25.7 Å². The van der Waals surface area contributed by atoms with Gasteiger partial charge < -0.3 is 10.1 Å². The van der Waals surface area contributed by atoms with Crippen molar-refractivity contribution in [2.45, 2.75) is 53.0 Å². The molecule has 74 valence electrons. The highest BCUT2D eigenvalue weighted by atomic mass is 16.1. The highest BCUT2D eigenvalue weighted by Gasteiger charge is 2.10. The number of carbonyl (C=O) groups is 1. The molecule has 1 aliphatic rings. The number of rotatable bonds is 1. The van der Waals surface area contributed by atoms with Gasteiger partial charge in [0.2, 0.25) is 0 Å². The summed E-state index contributed by atoms with van der Waals surface area (Å²) < 4.78 is 0. The Balaban J connectivity index is 0. The summed E-state index contributed by atoms with van der Waals surface area (Å²) in [7, 11) is 0. The van der Waals surface area contributed by atoms with Gasteiger partial charge >= 0.3 is 0 Å². The van der Waals surface area contributed by atoms with Crippen molar-refractivity contribution in [2.75, 3.05) is 6.54 Å². The highest BCUT2D eigenvalue weighted by molar-refractivity contribution is 5.57. The van der Waals surface area contributed by atoms with Gasteiger partial charge in [0.25, 0.3) is 0 Å². The van der Waals surface area contributed by atoms with Crippen LogP contribution in [0.3, 0.4) is 0 Å². The second-order valence-corrected chi connectivity index (χ2v) is 2.55. The van der Waals surface area contributed by atoms with E-state index in [2.05, 4.69) is 19.2 Å². The van der Waals surface area contributed by atoms with E-state index in [1.807, 2.05) is 13.8 Å². The molecule has 0 saturated carbocycles. The van der Waals surface area contributed by atoms with E-state index >= 15 is 0 Å². The van der Waals surface area contributed by atoms with E-state index in [0.29, 0.717) is 0 Å². The minimum absolute atomic E-state index is 0.167. The van der Waals surface area contributed by atoms with Crippen molar-refractivity contribution in [1.29, 1.82) is 0 Å². The Morgan fingerprint density at radius 1 is 1.42 bits per heavy atom. The fraction of sp³-hybridized carbons (Fsp3) is 0.900. The normalized spacial score (nSPS) is 19.8. The predicted octanol–water partition coefficient (Wildman–Crippen LogP) is 2.38. The summed E-state index contributed by atoms with van der Waals surface area (Å²) in [5.41, 5.74) is 0. The van der Waals surface area contributed by atoms with Crippen molar-refractivity contribution in [3.05, 3.63) is 0 Å². The molecular weight excluding hydrogens is 150 g/mol. The Bertz CT molecular complexity index is 77.9. The Morgan fingerprint density at radius 3 is 2.08 bits per heavy atom. The summed E-state index contributed by atoms with van der Waals surface area (Å²) in [5, 5.41) is 3.04. The molecule has 0 radical (unpaired) electrons. The van der Waals surface area contributed by atoms with E-state index in [1.54, 1.807) is 0 Å². The minimum Gasteiger partial charge on any atom is -0.308 e. The van der Waals surface area contributed by atoms with Gasteiger partial charge in [0.1, 0.15) is 6.29 Å². The van der Waals surface area contributed by atoms with Gasteiger partial charge in [-0.05, 0) is 19.4 Å². The minimum atomic E-state index is 0.167. The molecule has 0 aromatic rings. The molecule has 1 saturated heterocycles. The van der Waals surface area contributed by atoms with Crippen LogP contribution in [0.4, 0.5) is 0 Å². The smallest absolute Gasteiger partial charge is 0.136 e. The third-order valence-electron chi connectivity index (χ3n) is 1.26. The van der Waals surface area contributed by atoms with Gasteiger partial charge in [-0.3, -0.25) is 0 Å². The van der Waals surface area contributed by atoms with Gasteiger partial charge in [0, 0.05) is 0 Å². The zero-order valence-corrected chi connectivity index (χ0v) is 8.89. The number of aldehydes is 1. The molecule has 0 aromatic heterocycles. The molecular formula is C10H23NO. The topological polar surface area (TPSA) is 29.1 Å². The van der Waals surface area contributed by atoms with Gasteiger partial charge in [-0.1, -0.05) is 34.1 Å². The van der Waals surface area contributed by atoms with Gasteiger partial charge in [0.15, 0.2) is 0 Å². The van der Waals surface area contributed by atoms with Crippen LogP contribution in [-0.4, -0.2) is 18.9 Å². The maximum atomic E-state index is 9.94. The average molecular weight is 173 g/mol. The van der Waals surface area contributed by atoms with Crippen molar-refractivity contribution in [2.24, 2.45) is 0 Å². The molecule has 0 spiro atoms. The first-order chi connectivity index (χ1) is 5.85. The summed E-state index contributed by atoms with van der Waals surface area (Å²) in [6, 6.07) is 0.167. The zero-order chi connectivity index (χ0) is 9.82. The summed E-state index contributed by atoms with van der Waals surface area (Å²) >= 11 is 0. The Labute approximate surface area is 76.7 Å². The molecule has 1 atom stereocenters. The fourth-order valence-corrected chi connectivity index (χ4v) is 0.828. The van der Waals surface area contributed by atoms with Crippen molar-refractivity contribution in [1.82, 2.24) is 5.32 Å². The molecule has 0 aliphatic carbocycles. The van der Waals surface area contributed by atoms with Crippen LogP contribution >= 0.6 is 0 Å². The lowest BCUT2D eigenvalue weighted by Gasteiger charge is -1.93. The number of carbonyl (C=O) groups excluding carboxylic acids is 1. The van der Waals surface area contributed by atoms with Crippen LogP contribution in [0.15, 0.2) is 0 Å². The van der Waals surface area contributed by atoms with E-state index < -0.39 is 0 Å². The molecule has 2 nitrogen and oxygen atoms in total. The molecule has 0 unspecified atom stereocenters. The predicted molar refractivity (Wildman–Crippen MR) is 54.4 cm³/mol. The van der Waals surface area contributed by atoms with Crippen LogP contribution in [0.2, 0.25) is 0 Å². The lowest BCUT2D eigenvalue weighted by Crippen LogP contribution is -2.21. The van der Waals surface area contributed by atoms with Crippen LogP contribution in [0, 0.1) is 0 Å². The first-order valence-corrected chi connectivity index (χ1v) is 5.03. The first kappa shape index (κ1) is 14.2. The second-order valence-electron chi connectivity index (χ2n) is 2.55. The SMILES string of the molecule is CC.CCC.O=C[C@@H]1CCCN1. The Morgan fingerprint density at radius 2 is 1.92 bits per heavy atom. The maximum absolute atomic E-state index is 9.94. The largest absolute Gasteiger partial charge is 0.308 e. The summed E-state index contributed by atoms with van der Waals surface area (Å²) in [4.78, 5) is 9.94. The van der Waals surface area contributed by atoms with Gasteiger partial charge in [-0.2, -0.15) is 0 Å². The van der Waals surface area contributed by atoms with Gasteiger partial charge in [-0.25, -0.2) is 0 Å². The molecule has 2 heteroatoms. The summed E-state index contributed by atoms with van der Waals surface area (Å²) in [6.45, 7) is 9.27. The molecule has 0 aromatic carbocycles. The summed E-state index contributed by atoms with van der Waals surface area (Å²) in [5.74, 6) is 0. The molecule has 1 rings (SSSR count). The van der Waals surface area contributed by atoms with Crippen LogP contribution in [-0.2, 0) is 4.79 Å². The van der Waals surface area contributed by atoms with Crippen LogP contribution in [0.1, 0.15) is 47.0 Å². The Hall–Kier alpha value is -0.370. The lowest BCUT2D eigenvalue weighted by molar-refractivity contribution is -0.109. The van der Waals surface area contributed by atoms with Gasteiger partial charge in [-0.15, -0.1) is 0 Å². The molecule has 1 aliphatic heterocycles. The van der Waals surface area contributed by atoms with E-state index in [-0.39, 0.29) is 6.04 Å². The molecule has 0 amide bonds. The van der Waals surface area contributed by atoms with E-state index in [4.69, 9.17) is 0 Å². The lowest BCUT2D eigenvalue weighted by atomic mass is 10.2. The number of hydrogen-bond donors (Lipinski definition) is 1. The highest BCUT2D eigenvalue weighted by Crippen LogP contribution is 2.00. The molecule has 0 bridgehead atoms. The zero-order valence-electron chi connectivity index (χ0n) is 8.89. The van der Waals surface area contributed by atoms with Crippen molar-refractivity contribution < 1.29 is 4.79 Å². The third-order valence-corrected chi connectivity index (χ3v) is 1.26. The maximum Gasteiger partial charge on any atom is 0.136 e. The average Bonchev–Trinajstić information content (AvgIpc) is 2.61. The quantitative estimate of drug-likeness (QED) is 0.617. The van der Waals surface area contributed by atoms with Gasteiger partial charge in [0.05, 0.1) is 6.04 Å².